The summed E-state index contributed by atoms with van der Waals surface area (Å²) in [7, 11) is 1.64. The second kappa shape index (κ2) is 11.7. The molecule has 2 aromatic rings. The number of anilines is 1. The first-order valence-electron chi connectivity index (χ1n) is 13.5. The zero-order chi connectivity index (χ0) is 26.8. The van der Waals surface area contributed by atoms with E-state index in [4.69, 9.17) is 4.74 Å². The Bertz CT molecular complexity index is 1240. The number of aryl methyl sites for hydroxylation is 2. The molecule has 2 amide bonds. The molecular formula is C30H36BrN3O3S. The molecule has 2 atom stereocenters. The van der Waals surface area contributed by atoms with Gasteiger partial charge in [0.25, 0.3) is 5.91 Å². The van der Waals surface area contributed by atoms with E-state index in [1.807, 2.05) is 34.1 Å². The van der Waals surface area contributed by atoms with Crippen LogP contribution in [0.1, 0.15) is 42.4 Å². The summed E-state index contributed by atoms with van der Waals surface area (Å²) in [6.45, 7) is 7.40. The fourth-order valence-corrected chi connectivity index (χ4v) is 7.82. The average molecular weight is 599 g/mol. The van der Waals surface area contributed by atoms with Crippen LogP contribution in [0, 0.1) is 13.8 Å². The number of ether oxygens (including phenoxy) is 1. The van der Waals surface area contributed by atoms with Crippen LogP contribution in [0.25, 0.3) is 6.08 Å². The van der Waals surface area contributed by atoms with E-state index in [-0.39, 0.29) is 24.4 Å². The molecule has 3 aliphatic rings. The van der Waals surface area contributed by atoms with Crippen molar-refractivity contribution in [2.45, 2.75) is 50.8 Å². The number of hydrogen-bond acceptors (Lipinski definition) is 5. The van der Waals surface area contributed by atoms with Gasteiger partial charge in [-0.2, -0.15) is 0 Å². The smallest absolute Gasteiger partial charge is 0.261 e. The molecular weight excluding hydrogens is 562 g/mol. The number of methoxy groups -OCH3 is 1. The predicted octanol–water partition coefficient (Wildman–Crippen LogP) is 5.65. The number of rotatable bonds is 5. The number of benzene rings is 2. The molecule has 38 heavy (non-hydrogen) atoms. The molecule has 2 heterocycles. The van der Waals surface area contributed by atoms with Crippen LogP contribution in [-0.2, 0) is 9.59 Å². The molecule has 1 aliphatic carbocycles. The van der Waals surface area contributed by atoms with Gasteiger partial charge in [0.1, 0.15) is 12.3 Å². The molecule has 0 aromatic heterocycles. The molecule has 6 nitrogen and oxygen atoms in total. The molecule has 2 saturated heterocycles. The van der Waals surface area contributed by atoms with Crippen molar-refractivity contribution in [1.82, 2.24) is 9.80 Å². The zero-order valence-corrected chi connectivity index (χ0v) is 24.8. The van der Waals surface area contributed by atoms with Gasteiger partial charge >= 0.3 is 0 Å². The minimum Gasteiger partial charge on any atom is -0.496 e. The number of carbonyl (C=O) groups is 2. The van der Waals surface area contributed by atoms with Gasteiger partial charge in [-0.05, 0) is 83.6 Å². The van der Waals surface area contributed by atoms with E-state index in [0.29, 0.717) is 18.3 Å². The van der Waals surface area contributed by atoms with Crippen molar-refractivity contribution in [3.05, 3.63) is 62.5 Å². The largest absolute Gasteiger partial charge is 0.496 e. The van der Waals surface area contributed by atoms with Crippen molar-refractivity contribution in [2.24, 2.45) is 0 Å². The Balaban J connectivity index is 1.29. The molecule has 5 rings (SSSR count). The van der Waals surface area contributed by atoms with E-state index >= 15 is 0 Å². The van der Waals surface area contributed by atoms with Gasteiger partial charge in [-0.1, -0.05) is 31.0 Å². The molecule has 0 bridgehead atoms. The van der Waals surface area contributed by atoms with Gasteiger partial charge < -0.3 is 19.4 Å². The van der Waals surface area contributed by atoms with Crippen molar-refractivity contribution in [3.63, 3.8) is 0 Å². The fraction of sp³-hybridized carbons (Fsp3) is 0.467. The van der Waals surface area contributed by atoms with E-state index in [1.165, 1.54) is 23.2 Å². The van der Waals surface area contributed by atoms with E-state index in [1.54, 1.807) is 18.9 Å². The molecule has 0 spiro atoms. The van der Waals surface area contributed by atoms with E-state index in [2.05, 4.69) is 52.9 Å². The Morgan fingerprint density at radius 3 is 2.58 bits per heavy atom. The zero-order valence-electron chi connectivity index (χ0n) is 22.4. The average Bonchev–Trinajstić information content (AvgIpc) is 2.92. The van der Waals surface area contributed by atoms with Crippen LogP contribution in [0.2, 0.25) is 0 Å². The van der Waals surface area contributed by atoms with Crippen LogP contribution in [0.15, 0.2) is 45.8 Å². The summed E-state index contributed by atoms with van der Waals surface area (Å²) in [5.74, 6) is 0.793. The van der Waals surface area contributed by atoms with Gasteiger partial charge in [0, 0.05) is 43.2 Å². The van der Waals surface area contributed by atoms with Crippen molar-refractivity contribution in [3.8, 4) is 5.75 Å². The Kier molecular flexibility index (Phi) is 8.38. The number of hydrogen-bond donors (Lipinski definition) is 0. The van der Waals surface area contributed by atoms with Crippen molar-refractivity contribution in [1.29, 1.82) is 0 Å². The summed E-state index contributed by atoms with van der Waals surface area (Å²) in [5.41, 5.74) is 4.71. The molecule has 0 radical (unpaired) electrons. The van der Waals surface area contributed by atoms with E-state index < -0.39 is 0 Å². The number of thioether (sulfide) groups is 1. The fourth-order valence-electron chi connectivity index (χ4n) is 5.79. The minimum absolute atomic E-state index is 0.0209. The van der Waals surface area contributed by atoms with Gasteiger partial charge in [0.05, 0.1) is 16.5 Å². The first kappa shape index (κ1) is 27.1. The third-order valence-electron chi connectivity index (χ3n) is 7.93. The monoisotopic (exact) mass is 597 g/mol. The van der Waals surface area contributed by atoms with E-state index in [0.717, 1.165) is 53.0 Å². The number of halogens is 1. The van der Waals surface area contributed by atoms with Crippen molar-refractivity contribution < 1.29 is 14.3 Å². The molecule has 202 valence electrons. The topological polar surface area (TPSA) is 53.1 Å². The molecule has 0 N–H and O–H groups in total. The molecule has 3 fully saturated rings. The van der Waals surface area contributed by atoms with Crippen LogP contribution in [0.5, 0.6) is 5.75 Å². The lowest BCUT2D eigenvalue weighted by atomic mass is 9.93. The highest BCUT2D eigenvalue weighted by molar-refractivity contribution is 9.10. The molecule has 2 aromatic carbocycles. The van der Waals surface area contributed by atoms with Crippen LogP contribution in [0.3, 0.4) is 0 Å². The summed E-state index contributed by atoms with van der Waals surface area (Å²) in [6.07, 6.45) is 6.29. The highest BCUT2D eigenvalue weighted by Crippen LogP contribution is 2.42. The first-order chi connectivity index (χ1) is 18.3. The van der Waals surface area contributed by atoms with Gasteiger partial charge in [0.2, 0.25) is 5.91 Å². The quantitative estimate of drug-likeness (QED) is 0.417. The summed E-state index contributed by atoms with van der Waals surface area (Å²) < 4.78 is 6.20. The molecule has 2 aliphatic heterocycles. The maximum atomic E-state index is 13.7. The Hall–Kier alpha value is -2.45. The minimum atomic E-state index is -0.0209. The van der Waals surface area contributed by atoms with Crippen molar-refractivity contribution in [2.75, 3.05) is 44.7 Å². The highest BCUT2D eigenvalue weighted by atomic mass is 79.9. The van der Waals surface area contributed by atoms with Gasteiger partial charge in [-0.25, -0.2) is 0 Å². The van der Waals surface area contributed by atoms with Gasteiger partial charge in [-0.15, -0.1) is 11.8 Å². The Morgan fingerprint density at radius 2 is 1.84 bits per heavy atom. The highest BCUT2D eigenvalue weighted by Gasteiger charge is 2.41. The molecule has 2 unspecified atom stereocenters. The SMILES string of the molecule is COc1ccc(/C=C2/SC3CCCCC3N(CC(=O)N3CCN(c4cc(C)ccc4C)CC3)C2=O)cc1Br. The maximum absolute atomic E-state index is 13.7. The molecule has 8 heteroatoms. The number of piperazine rings is 1. The second-order valence-electron chi connectivity index (χ2n) is 10.5. The Morgan fingerprint density at radius 1 is 1.08 bits per heavy atom. The van der Waals surface area contributed by atoms with Crippen LogP contribution in [0.4, 0.5) is 5.69 Å². The van der Waals surface area contributed by atoms with Gasteiger partial charge in [-0.3, -0.25) is 9.59 Å². The number of carbonyl (C=O) groups excluding carboxylic acids is 2. The van der Waals surface area contributed by atoms with Crippen LogP contribution >= 0.6 is 27.7 Å². The summed E-state index contributed by atoms with van der Waals surface area (Å²) >= 11 is 5.24. The first-order valence-corrected chi connectivity index (χ1v) is 15.1. The van der Waals surface area contributed by atoms with Gasteiger partial charge in [0.15, 0.2) is 0 Å². The summed E-state index contributed by atoms with van der Waals surface area (Å²) in [4.78, 5) is 34.2. The standard InChI is InChI=1S/C30H36BrN3O3S/c1-20-8-9-21(2)25(16-20)32-12-14-33(15-13-32)29(35)19-34-24-6-4-5-7-27(24)38-28(30(34)36)18-22-10-11-26(37-3)23(31)17-22/h8-11,16-18,24,27H,4-7,12-15,19H2,1-3H3/b28-18+. The van der Waals surface area contributed by atoms with E-state index in [9.17, 15) is 9.59 Å². The third-order valence-corrected chi connectivity index (χ3v) is 9.95. The lowest BCUT2D eigenvalue weighted by molar-refractivity contribution is -0.140. The third kappa shape index (κ3) is 5.76. The normalized spacial score (nSPS) is 23.0. The second-order valence-corrected chi connectivity index (χ2v) is 12.6. The van der Waals surface area contributed by atoms with Crippen molar-refractivity contribution >= 4 is 51.3 Å². The predicted molar refractivity (Wildman–Crippen MR) is 159 cm³/mol. The summed E-state index contributed by atoms with van der Waals surface area (Å²) in [5, 5.41) is 0.336. The number of amides is 2. The lowest BCUT2D eigenvalue weighted by Crippen LogP contribution is -2.57. The number of fused-ring (bicyclic) bond motifs is 1. The maximum Gasteiger partial charge on any atom is 0.261 e. The number of nitrogens with zero attached hydrogens (tertiary/aromatic N) is 3. The molecule has 1 saturated carbocycles. The Labute approximate surface area is 238 Å². The lowest BCUT2D eigenvalue weighted by Gasteiger charge is -2.45. The van der Waals surface area contributed by atoms with Crippen LogP contribution in [-0.4, -0.2) is 72.7 Å². The van der Waals surface area contributed by atoms with Crippen LogP contribution < -0.4 is 9.64 Å². The summed E-state index contributed by atoms with van der Waals surface area (Å²) in [6, 6.07) is 12.5.